The van der Waals surface area contributed by atoms with Gasteiger partial charge in [0, 0.05) is 36.6 Å². The normalized spacial score (nSPS) is 12.2. The maximum absolute atomic E-state index is 2.49. The number of rotatable bonds is 3. The molecule has 0 atom stereocenters. The van der Waals surface area contributed by atoms with Crippen molar-refractivity contribution < 1.29 is 0 Å². The van der Waals surface area contributed by atoms with Crippen LogP contribution >= 0.6 is 11.3 Å². The first-order chi connectivity index (χ1) is 23.8. The van der Waals surface area contributed by atoms with E-state index in [0.717, 1.165) is 0 Å². The van der Waals surface area contributed by atoms with Gasteiger partial charge in [-0.3, -0.25) is 0 Å². The fraction of sp³-hybridized carbons (Fsp3) is 0. The summed E-state index contributed by atoms with van der Waals surface area (Å²) in [4.78, 5) is 0. The van der Waals surface area contributed by atoms with Gasteiger partial charge in [-0.25, -0.2) is 0 Å². The lowest BCUT2D eigenvalue weighted by molar-refractivity contribution is 1.18. The standard InChI is InChI=1S/C46H27NS/c1-2-10-28(11-3-1)29-12-8-13-32(24-29)47-41-22-20-30(31-21-23-44-38(25-31)35-16-6-7-19-43(35)48-44)26-40(41)46-37-18-9-17-36-33-14-4-5-15-34(33)39(45(36)37)27-42(46)47/h1-27H. The summed E-state index contributed by atoms with van der Waals surface area (Å²) in [5.41, 5.74) is 13.9. The van der Waals surface area contributed by atoms with Crippen LogP contribution in [0.25, 0.3) is 103 Å². The van der Waals surface area contributed by atoms with E-state index in [0.29, 0.717) is 0 Å². The molecular formula is C46H27NS. The Kier molecular flexibility index (Phi) is 5.32. The lowest BCUT2D eigenvalue weighted by atomic mass is 9.96. The van der Waals surface area contributed by atoms with Crippen molar-refractivity contribution in [3.63, 3.8) is 0 Å². The Balaban J connectivity index is 1.23. The third-order valence-corrected chi connectivity index (χ3v) is 11.5. The molecule has 48 heavy (non-hydrogen) atoms. The van der Waals surface area contributed by atoms with Crippen molar-refractivity contribution in [2.24, 2.45) is 0 Å². The van der Waals surface area contributed by atoms with E-state index in [9.17, 15) is 0 Å². The van der Waals surface area contributed by atoms with Crippen molar-refractivity contribution in [2.45, 2.75) is 0 Å². The number of fused-ring (bicyclic) bond motifs is 10. The molecule has 2 aromatic heterocycles. The zero-order valence-electron chi connectivity index (χ0n) is 25.9. The highest BCUT2D eigenvalue weighted by Gasteiger charge is 2.25. The summed E-state index contributed by atoms with van der Waals surface area (Å²) in [6.07, 6.45) is 0. The first-order valence-corrected chi connectivity index (χ1v) is 17.3. The van der Waals surface area contributed by atoms with Gasteiger partial charge in [0.15, 0.2) is 0 Å². The van der Waals surface area contributed by atoms with Crippen LogP contribution in [0.15, 0.2) is 164 Å². The van der Waals surface area contributed by atoms with E-state index in [1.54, 1.807) is 0 Å². The van der Waals surface area contributed by atoms with Gasteiger partial charge in [0.2, 0.25) is 0 Å². The molecule has 0 saturated carbocycles. The highest BCUT2D eigenvalue weighted by molar-refractivity contribution is 7.25. The van der Waals surface area contributed by atoms with E-state index in [2.05, 4.69) is 168 Å². The van der Waals surface area contributed by atoms with Gasteiger partial charge in [-0.2, -0.15) is 0 Å². The van der Waals surface area contributed by atoms with E-state index in [-0.39, 0.29) is 0 Å². The molecule has 0 radical (unpaired) electrons. The third-order valence-electron chi connectivity index (χ3n) is 10.3. The molecule has 11 rings (SSSR count). The molecule has 2 heterocycles. The first kappa shape index (κ1) is 26.1. The number of thiophene rings is 1. The van der Waals surface area contributed by atoms with Crippen molar-refractivity contribution in [3.8, 4) is 50.2 Å². The Morgan fingerprint density at radius 2 is 0.979 bits per heavy atom. The Bertz CT molecular complexity index is 2940. The van der Waals surface area contributed by atoms with E-state index in [1.807, 2.05) is 11.3 Å². The average molecular weight is 626 g/mol. The Morgan fingerprint density at radius 1 is 0.333 bits per heavy atom. The zero-order chi connectivity index (χ0) is 31.3. The van der Waals surface area contributed by atoms with E-state index in [1.165, 1.54) is 103 Å². The topological polar surface area (TPSA) is 4.93 Å². The minimum absolute atomic E-state index is 1.17. The first-order valence-electron chi connectivity index (χ1n) is 16.5. The summed E-state index contributed by atoms with van der Waals surface area (Å²) in [5.74, 6) is 0. The molecule has 0 N–H and O–H groups in total. The quantitative estimate of drug-likeness (QED) is 0.184. The summed E-state index contributed by atoms with van der Waals surface area (Å²) >= 11 is 1.87. The number of hydrogen-bond acceptors (Lipinski definition) is 1. The Morgan fingerprint density at radius 3 is 1.88 bits per heavy atom. The number of hydrogen-bond donors (Lipinski definition) is 0. The molecule has 0 bridgehead atoms. The van der Waals surface area contributed by atoms with Gasteiger partial charge >= 0.3 is 0 Å². The minimum atomic E-state index is 1.17. The van der Waals surface area contributed by atoms with Crippen molar-refractivity contribution >= 4 is 64.1 Å². The second kappa shape index (κ2) is 9.78. The van der Waals surface area contributed by atoms with E-state index >= 15 is 0 Å². The summed E-state index contributed by atoms with van der Waals surface area (Å²) in [6.45, 7) is 0. The molecule has 1 aliphatic rings. The molecule has 222 valence electrons. The van der Waals surface area contributed by atoms with Crippen LogP contribution in [0.3, 0.4) is 0 Å². The molecule has 1 nitrogen and oxygen atoms in total. The molecule has 10 aromatic rings. The smallest absolute Gasteiger partial charge is 0.0553 e. The van der Waals surface area contributed by atoms with Crippen LogP contribution in [-0.2, 0) is 0 Å². The lowest BCUT2D eigenvalue weighted by Gasteiger charge is -2.12. The largest absolute Gasteiger partial charge is 0.309 e. The summed E-state index contributed by atoms with van der Waals surface area (Å²) in [7, 11) is 0. The van der Waals surface area contributed by atoms with Crippen LogP contribution in [0.2, 0.25) is 0 Å². The molecule has 1 aliphatic carbocycles. The second-order valence-corrected chi connectivity index (χ2v) is 14.0. The SMILES string of the molecule is c1ccc(-c2cccc(-n3c4ccc(-c5ccc6sc7ccccc7c6c5)cc4c4c5cccc6c5c(cc43)-c3ccccc3-6)c2)cc1. The predicted octanol–water partition coefficient (Wildman–Crippen LogP) is 13.3. The minimum Gasteiger partial charge on any atom is -0.309 e. The molecule has 0 fully saturated rings. The summed E-state index contributed by atoms with van der Waals surface area (Å²) < 4.78 is 5.16. The van der Waals surface area contributed by atoms with E-state index < -0.39 is 0 Å². The molecule has 0 saturated heterocycles. The zero-order valence-corrected chi connectivity index (χ0v) is 26.8. The highest BCUT2D eigenvalue weighted by atomic mass is 32.1. The van der Waals surface area contributed by atoms with Crippen molar-refractivity contribution in [3.05, 3.63) is 164 Å². The Hall–Kier alpha value is -5.96. The van der Waals surface area contributed by atoms with Crippen LogP contribution in [0.1, 0.15) is 0 Å². The maximum Gasteiger partial charge on any atom is 0.0553 e. The molecular weight excluding hydrogens is 599 g/mol. The van der Waals surface area contributed by atoms with Crippen LogP contribution in [0.5, 0.6) is 0 Å². The van der Waals surface area contributed by atoms with Crippen LogP contribution in [-0.4, -0.2) is 4.57 Å². The summed E-state index contributed by atoms with van der Waals surface area (Å²) in [5, 5.41) is 7.93. The molecule has 2 heteroatoms. The highest BCUT2D eigenvalue weighted by Crippen LogP contribution is 2.51. The lowest BCUT2D eigenvalue weighted by Crippen LogP contribution is -1.95. The monoisotopic (exact) mass is 625 g/mol. The summed E-state index contributed by atoms with van der Waals surface area (Å²) in [6, 6.07) is 60.7. The van der Waals surface area contributed by atoms with Crippen molar-refractivity contribution in [1.29, 1.82) is 0 Å². The average Bonchev–Trinajstić information content (AvgIpc) is 3.80. The van der Waals surface area contributed by atoms with Gasteiger partial charge in [0.25, 0.3) is 0 Å². The van der Waals surface area contributed by atoms with Gasteiger partial charge in [-0.15, -0.1) is 11.3 Å². The molecule has 0 unspecified atom stereocenters. The van der Waals surface area contributed by atoms with Crippen LogP contribution in [0.4, 0.5) is 0 Å². The molecule has 8 aromatic carbocycles. The van der Waals surface area contributed by atoms with Gasteiger partial charge in [0.1, 0.15) is 0 Å². The van der Waals surface area contributed by atoms with Crippen molar-refractivity contribution in [1.82, 2.24) is 4.57 Å². The molecule has 0 amide bonds. The van der Waals surface area contributed by atoms with Gasteiger partial charge in [-0.1, -0.05) is 115 Å². The number of benzene rings is 8. The van der Waals surface area contributed by atoms with Crippen LogP contribution < -0.4 is 0 Å². The van der Waals surface area contributed by atoms with Gasteiger partial charge in [-0.05, 0) is 104 Å². The fourth-order valence-electron chi connectivity index (χ4n) is 8.20. The fourth-order valence-corrected chi connectivity index (χ4v) is 9.28. The number of aromatic nitrogens is 1. The second-order valence-electron chi connectivity index (χ2n) is 12.9. The van der Waals surface area contributed by atoms with Crippen LogP contribution in [0, 0.1) is 0 Å². The van der Waals surface area contributed by atoms with E-state index in [4.69, 9.17) is 0 Å². The maximum atomic E-state index is 2.49. The predicted molar refractivity (Wildman–Crippen MR) is 206 cm³/mol. The Labute approximate surface area is 281 Å². The third kappa shape index (κ3) is 3.61. The molecule has 0 aliphatic heterocycles. The van der Waals surface area contributed by atoms with Gasteiger partial charge in [0.05, 0.1) is 11.0 Å². The van der Waals surface area contributed by atoms with Crippen molar-refractivity contribution in [2.75, 3.05) is 0 Å². The number of nitrogens with zero attached hydrogens (tertiary/aromatic N) is 1. The van der Waals surface area contributed by atoms with Gasteiger partial charge < -0.3 is 4.57 Å². The molecule has 0 spiro atoms.